The molecular weight excluding hydrogens is 268 g/mol. The lowest BCUT2D eigenvalue weighted by Gasteiger charge is -2.13. The molecule has 0 spiro atoms. The zero-order valence-corrected chi connectivity index (χ0v) is 11.2. The number of sulfone groups is 1. The number of aromatic carboxylic acids is 1. The predicted octanol–water partition coefficient (Wildman–Crippen LogP) is 1.96. The second kappa shape index (κ2) is 4.24. The maximum absolute atomic E-state index is 11.9. The molecule has 2 aromatic carbocycles. The van der Waals surface area contributed by atoms with Crippen LogP contribution in [0, 0.1) is 6.92 Å². The number of benzene rings is 2. The number of rotatable bonds is 2. The van der Waals surface area contributed by atoms with Crippen molar-refractivity contribution in [3.63, 3.8) is 0 Å². The molecule has 19 heavy (non-hydrogen) atoms. The van der Waals surface area contributed by atoms with Gasteiger partial charge in [0.2, 0.25) is 0 Å². The summed E-state index contributed by atoms with van der Waals surface area (Å²) in [6.07, 6.45) is 1.02. The third-order valence-corrected chi connectivity index (χ3v) is 4.23. The molecule has 2 rings (SSSR count). The number of hydrogen-bond donors (Lipinski definition) is 2. The minimum Gasteiger partial charge on any atom is -0.506 e. The zero-order chi connectivity index (χ0) is 14.4. The molecule has 0 bridgehead atoms. The monoisotopic (exact) mass is 280 g/mol. The smallest absolute Gasteiger partial charge is 0.339 e. The highest BCUT2D eigenvalue weighted by Crippen LogP contribution is 2.37. The molecule has 0 aliphatic heterocycles. The van der Waals surface area contributed by atoms with Crippen LogP contribution in [0.3, 0.4) is 0 Å². The number of carboxylic acid groups (broad SMARTS) is 1. The molecule has 0 fully saturated rings. The first-order chi connectivity index (χ1) is 8.75. The Kier molecular flexibility index (Phi) is 2.98. The van der Waals surface area contributed by atoms with Crippen LogP contribution < -0.4 is 0 Å². The van der Waals surface area contributed by atoms with Crippen molar-refractivity contribution in [2.45, 2.75) is 11.8 Å². The Morgan fingerprint density at radius 2 is 1.68 bits per heavy atom. The van der Waals surface area contributed by atoms with E-state index in [0.717, 1.165) is 6.26 Å². The average Bonchev–Trinajstić information content (AvgIpc) is 2.26. The summed E-state index contributed by atoms with van der Waals surface area (Å²) in [6, 6.07) is 6.28. The van der Waals surface area contributed by atoms with Crippen LogP contribution in [0.15, 0.2) is 29.2 Å². The second-order valence-corrected chi connectivity index (χ2v) is 6.25. The molecule has 0 amide bonds. The standard InChI is InChI=1S/C13H12O5S/c1-7-10(13(15)16)11(14)8-5-3-4-6-9(8)12(7)19(2,17)18/h3-6,14H,1-2H3,(H,15,16). The fourth-order valence-corrected chi connectivity index (χ4v) is 3.49. The van der Waals surface area contributed by atoms with E-state index in [4.69, 9.17) is 5.11 Å². The highest BCUT2D eigenvalue weighted by Gasteiger charge is 2.25. The van der Waals surface area contributed by atoms with Gasteiger partial charge in [-0.2, -0.15) is 0 Å². The van der Waals surface area contributed by atoms with Crippen molar-refractivity contribution >= 4 is 26.6 Å². The highest BCUT2D eigenvalue weighted by molar-refractivity contribution is 7.91. The largest absolute Gasteiger partial charge is 0.506 e. The Hall–Kier alpha value is -2.08. The zero-order valence-electron chi connectivity index (χ0n) is 10.3. The van der Waals surface area contributed by atoms with Crippen LogP contribution in [0.25, 0.3) is 10.8 Å². The molecule has 0 heterocycles. The minimum absolute atomic E-state index is 0.0474. The van der Waals surface area contributed by atoms with E-state index in [1.165, 1.54) is 13.0 Å². The van der Waals surface area contributed by atoms with Crippen molar-refractivity contribution in [3.8, 4) is 5.75 Å². The number of aromatic hydroxyl groups is 1. The molecule has 0 aliphatic rings. The van der Waals surface area contributed by atoms with Gasteiger partial charge in [0.15, 0.2) is 9.84 Å². The molecule has 0 aliphatic carbocycles. The Morgan fingerprint density at radius 3 is 2.16 bits per heavy atom. The van der Waals surface area contributed by atoms with E-state index < -0.39 is 21.6 Å². The van der Waals surface area contributed by atoms with Crippen LogP contribution in [0.4, 0.5) is 0 Å². The van der Waals surface area contributed by atoms with E-state index in [1.807, 2.05) is 0 Å². The molecule has 0 saturated heterocycles. The first kappa shape index (κ1) is 13.4. The molecule has 0 atom stereocenters. The van der Waals surface area contributed by atoms with E-state index >= 15 is 0 Å². The van der Waals surface area contributed by atoms with Gasteiger partial charge in [-0.1, -0.05) is 24.3 Å². The van der Waals surface area contributed by atoms with Crippen LogP contribution in [-0.4, -0.2) is 30.9 Å². The van der Waals surface area contributed by atoms with Crippen LogP contribution in [0.1, 0.15) is 15.9 Å². The van der Waals surface area contributed by atoms with Crippen molar-refractivity contribution in [2.75, 3.05) is 6.26 Å². The van der Waals surface area contributed by atoms with Gasteiger partial charge in [-0.3, -0.25) is 0 Å². The fourth-order valence-electron chi connectivity index (χ4n) is 2.25. The third kappa shape index (κ3) is 2.04. The fraction of sp³-hybridized carbons (Fsp3) is 0.154. The van der Waals surface area contributed by atoms with Crippen LogP contribution in [0.2, 0.25) is 0 Å². The number of carboxylic acids is 1. The second-order valence-electron chi connectivity index (χ2n) is 4.30. The SMILES string of the molecule is Cc1c(C(=O)O)c(O)c2ccccc2c1S(C)(=O)=O. The summed E-state index contributed by atoms with van der Waals surface area (Å²) in [5, 5.41) is 19.7. The van der Waals surface area contributed by atoms with Gasteiger partial charge in [0, 0.05) is 17.0 Å². The van der Waals surface area contributed by atoms with E-state index in [9.17, 15) is 18.3 Å². The van der Waals surface area contributed by atoms with Crippen molar-refractivity contribution in [1.29, 1.82) is 0 Å². The molecule has 0 unspecified atom stereocenters. The van der Waals surface area contributed by atoms with Crippen molar-refractivity contribution in [1.82, 2.24) is 0 Å². The Bertz CT molecular complexity index is 790. The third-order valence-electron chi connectivity index (χ3n) is 2.96. The quantitative estimate of drug-likeness (QED) is 0.877. The molecule has 5 nitrogen and oxygen atoms in total. The van der Waals surface area contributed by atoms with Gasteiger partial charge >= 0.3 is 5.97 Å². The molecular formula is C13H12O5S. The van der Waals surface area contributed by atoms with Gasteiger partial charge in [0.1, 0.15) is 11.3 Å². The Labute approximate surface area is 110 Å². The Balaban J connectivity index is 3.15. The molecule has 2 aromatic rings. The van der Waals surface area contributed by atoms with E-state index in [1.54, 1.807) is 18.2 Å². The lowest BCUT2D eigenvalue weighted by molar-refractivity contribution is 0.0693. The van der Waals surface area contributed by atoms with Crippen LogP contribution >= 0.6 is 0 Å². The van der Waals surface area contributed by atoms with Gasteiger partial charge in [-0.05, 0) is 12.5 Å². The predicted molar refractivity (Wildman–Crippen MR) is 70.4 cm³/mol. The summed E-state index contributed by atoms with van der Waals surface area (Å²) in [6.45, 7) is 1.38. The van der Waals surface area contributed by atoms with E-state index in [2.05, 4.69) is 0 Å². The molecule has 2 N–H and O–H groups in total. The molecule has 0 aromatic heterocycles. The number of hydrogen-bond acceptors (Lipinski definition) is 4. The maximum Gasteiger partial charge on any atom is 0.339 e. The van der Waals surface area contributed by atoms with Gasteiger partial charge in [-0.25, -0.2) is 13.2 Å². The minimum atomic E-state index is -3.61. The van der Waals surface area contributed by atoms with Crippen LogP contribution in [-0.2, 0) is 9.84 Å². The summed E-state index contributed by atoms with van der Waals surface area (Å²) >= 11 is 0. The lowest BCUT2D eigenvalue weighted by atomic mass is 10.00. The summed E-state index contributed by atoms with van der Waals surface area (Å²) in [5.74, 6) is -1.77. The molecule has 100 valence electrons. The lowest BCUT2D eigenvalue weighted by Crippen LogP contribution is -2.08. The number of carbonyl (C=O) groups is 1. The summed E-state index contributed by atoms with van der Waals surface area (Å²) in [5.41, 5.74) is -0.328. The van der Waals surface area contributed by atoms with Gasteiger partial charge in [0.25, 0.3) is 0 Å². The van der Waals surface area contributed by atoms with Gasteiger partial charge in [0.05, 0.1) is 4.90 Å². The normalized spacial score (nSPS) is 11.7. The van der Waals surface area contributed by atoms with E-state index in [0.29, 0.717) is 5.39 Å². The molecule has 6 heteroatoms. The van der Waals surface area contributed by atoms with Crippen molar-refractivity contribution in [3.05, 3.63) is 35.4 Å². The van der Waals surface area contributed by atoms with Gasteiger partial charge < -0.3 is 10.2 Å². The molecule has 0 saturated carbocycles. The van der Waals surface area contributed by atoms with Crippen LogP contribution in [0.5, 0.6) is 5.75 Å². The van der Waals surface area contributed by atoms with Gasteiger partial charge in [-0.15, -0.1) is 0 Å². The maximum atomic E-state index is 11.9. The van der Waals surface area contributed by atoms with Crippen molar-refractivity contribution in [2.24, 2.45) is 0 Å². The first-order valence-electron chi connectivity index (χ1n) is 5.42. The molecule has 0 radical (unpaired) electrons. The van der Waals surface area contributed by atoms with Crippen molar-refractivity contribution < 1.29 is 23.4 Å². The first-order valence-corrected chi connectivity index (χ1v) is 7.32. The summed E-state index contributed by atoms with van der Waals surface area (Å²) in [4.78, 5) is 11.2. The highest BCUT2D eigenvalue weighted by atomic mass is 32.2. The summed E-state index contributed by atoms with van der Waals surface area (Å²) in [7, 11) is -3.61. The average molecular weight is 280 g/mol. The topological polar surface area (TPSA) is 91.7 Å². The number of phenols is 1. The van der Waals surface area contributed by atoms with E-state index in [-0.39, 0.29) is 21.4 Å². The number of fused-ring (bicyclic) bond motifs is 1. The summed E-state index contributed by atoms with van der Waals surface area (Å²) < 4.78 is 23.8. The Morgan fingerprint density at radius 1 is 1.16 bits per heavy atom.